The first-order valence-corrected chi connectivity index (χ1v) is 11.2. The van der Waals surface area contributed by atoms with E-state index in [0.29, 0.717) is 30.2 Å². The molecule has 0 amide bonds. The number of halogens is 1. The van der Waals surface area contributed by atoms with Crippen molar-refractivity contribution in [1.29, 1.82) is 0 Å². The number of aliphatic hydroxyl groups is 2. The van der Waals surface area contributed by atoms with Crippen LogP contribution in [0.15, 0.2) is 36.9 Å². The minimum Gasteiger partial charge on any atom is -0.488 e. The number of ketones is 1. The van der Waals surface area contributed by atoms with Gasteiger partial charge in [-0.2, -0.15) is 0 Å². The van der Waals surface area contributed by atoms with Crippen LogP contribution in [0.4, 0.5) is 10.2 Å². The van der Waals surface area contributed by atoms with Crippen molar-refractivity contribution in [3.63, 3.8) is 0 Å². The number of hydrogen-bond acceptors (Lipinski definition) is 10. The predicted octanol–water partition coefficient (Wildman–Crippen LogP) is 1.46. The number of benzene rings is 1. The Bertz CT molecular complexity index is 1150. The van der Waals surface area contributed by atoms with E-state index in [4.69, 9.17) is 14.2 Å². The molecule has 1 aromatic carbocycles. The molecule has 3 N–H and O–H groups in total. The lowest BCUT2D eigenvalue weighted by Gasteiger charge is -2.17. The zero-order valence-electron chi connectivity index (χ0n) is 19.4. The minimum atomic E-state index is -1.25. The zero-order valence-corrected chi connectivity index (χ0v) is 19.4. The van der Waals surface area contributed by atoms with E-state index in [-0.39, 0.29) is 24.2 Å². The van der Waals surface area contributed by atoms with Crippen molar-refractivity contribution < 1.29 is 33.6 Å². The molecule has 5 atom stereocenters. The van der Waals surface area contributed by atoms with Gasteiger partial charge in [0.15, 0.2) is 34.8 Å². The first-order valence-electron chi connectivity index (χ1n) is 11.2. The second-order valence-corrected chi connectivity index (χ2v) is 8.45. The molecule has 2 aliphatic rings. The largest absolute Gasteiger partial charge is 0.488 e. The van der Waals surface area contributed by atoms with Crippen molar-refractivity contribution in [2.24, 2.45) is 0 Å². The summed E-state index contributed by atoms with van der Waals surface area (Å²) in [6.07, 6.45) is -0.539. The highest BCUT2D eigenvalue weighted by Crippen LogP contribution is 2.33. The first-order chi connectivity index (χ1) is 16.8. The van der Waals surface area contributed by atoms with Crippen molar-refractivity contribution in [2.45, 2.75) is 50.8 Å². The summed E-state index contributed by atoms with van der Waals surface area (Å²) in [6, 6.07) is 6.09. The molecule has 0 bridgehead atoms. The SMILES string of the molecule is CC(C)=O.O[C@@H]1[C@H](O)[C@H](n2cnc3c(NC4CCOC4)ncnc32)O[C@@H]1COc1ccccc1F. The highest BCUT2D eigenvalue weighted by Gasteiger charge is 2.44. The number of anilines is 1. The van der Waals surface area contributed by atoms with Gasteiger partial charge in [-0.15, -0.1) is 0 Å². The number of nitrogens with one attached hydrogen (secondary N) is 1. The van der Waals surface area contributed by atoms with E-state index in [1.54, 1.807) is 16.7 Å². The number of para-hydroxylation sites is 1. The number of hydrogen-bond donors (Lipinski definition) is 3. The quantitative estimate of drug-likeness (QED) is 0.466. The number of Topliss-reactive ketones (excluding diaryl/α,β-unsaturated/α-hetero) is 1. The Morgan fingerprint density at radius 3 is 2.71 bits per heavy atom. The number of rotatable bonds is 6. The molecule has 0 spiro atoms. The van der Waals surface area contributed by atoms with E-state index in [1.165, 1.54) is 38.6 Å². The standard InChI is InChI=1S/C20H22FN5O5.C3H6O/c21-12-3-1-2-4-13(12)30-8-14-16(27)17(28)20(31-14)26-10-24-15-18(22-9-23-19(15)26)25-11-5-6-29-7-11;1-3(2)4/h1-4,9-11,14,16-17,20,27-28H,5-8H2,(H,22,23,25);1-2H3/t11?,14-,16+,17+,20-;/m1./s1. The fraction of sp³-hybridized carbons (Fsp3) is 0.478. The average molecular weight is 490 g/mol. The van der Waals surface area contributed by atoms with Gasteiger partial charge in [0.25, 0.3) is 0 Å². The average Bonchev–Trinajstić information content (AvgIpc) is 3.55. The van der Waals surface area contributed by atoms with Gasteiger partial charge in [-0.05, 0) is 32.4 Å². The van der Waals surface area contributed by atoms with Crippen LogP contribution in [0.25, 0.3) is 11.2 Å². The van der Waals surface area contributed by atoms with Crippen LogP contribution in [0.2, 0.25) is 0 Å². The Morgan fingerprint density at radius 1 is 1.23 bits per heavy atom. The lowest BCUT2D eigenvalue weighted by Crippen LogP contribution is -2.34. The van der Waals surface area contributed by atoms with E-state index in [9.17, 15) is 19.4 Å². The van der Waals surface area contributed by atoms with E-state index in [2.05, 4.69) is 20.3 Å². The van der Waals surface area contributed by atoms with E-state index < -0.39 is 30.4 Å². The minimum absolute atomic E-state index is 0.0451. The molecule has 0 radical (unpaired) electrons. The van der Waals surface area contributed by atoms with Crippen molar-refractivity contribution >= 4 is 22.8 Å². The van der Waals surface area contributed by atoms with Crippen LogP contribution < -0.4 is 10.1 Å². The van der Waals surface area contributed by atoms with Gasteiger partial charge < -0.3 is 34.5 Å². The number of nitrogens with zero attached hydrogens (tertiary/aromatic N) is 4. The maximum atomic E-state index is 13.8. The van der Waals surface area contributed by atoms with Gasteiger partial charge in [0.2, 0.25) is 0 Å². The van der Waals surface area contributed by atoms with Crippen LogP contribution in [-0.2, 0) is 14.3 Å². The lowest BCUT2D eigenvalue weighted by molar-refractivity contribution is -0.115. The number of aromatic nitrogens is 4. The number of ether oxygens (including phenoxy) is 3. The normalized spacial score (nSPS) is 25.8. The topological polar surface area (TPSA) is 141 Å². The predicted molar refractivity (Wildman–Crippen MR) is 122 cm³/mol. The molecule has 11 nitrogen and oxygen atoms in total. The summed E-state index contributed by atoms with van der Waals surface area (Å²) in [4.78, 5) is 22.4. The maximum Gasteiger partial charge on any atom is 0.167 e. The number of fused-ring (bicyclic) bond motifs is 1. The third-order valence-corrected chi connectivity index (χ3v) is 5.48. The van der Waals surface area contributed by atoms with E-state index >= 15 is 0 Å². The number of carbonyl (C=O) groups is 1. The third kappa shape index (κ3) is 5.73. The molecule has 5 rings (SSSR count). The van der Waals surface area contributed by atoms with Crippen LogP contribution in [0, 0.1) is 5.82 Å². The van der Waals surface area contributed by atoms with Gasteiger partial charge in [0, 0.05) is 6.61 Å². The molecule has 2 aromatic heterocycles. The molecular weight excluding hydrogens is 461 g/mol. The number of imidazole rings is 1. The van der Waals surface area contributed by atoms with Crippen molar-refractivity contribution in [2.75, 3.05) is 25.1 Å². The van der Waals surface area contributed by atoms with Gasteiger partial charge in [-0.1, -0.05) is 12.1 Å². The summed E-state index contributed by atoms with van der Waals surface area (Å²) < 4.78 is 32.0. The summed E-state index contributed by atoms with van der Waals surface area (Å²) in [5.41, 5.74) is 0.967. The molecule has 4 heterocycles. The second kappa shape index (κ2) is 11.0. The Kier molecular flexibility index (Phi) is 7.86. The molecule has 0 aliphatic carbocycles. The Hall–Kier alpha value is -3.19. The van der Waals surface area contributed by atoms with Crippen molar-refractivity contribution in [3.8, 4) is 5.75 Å². The van der Waals surface area contributed by atoms with Gasteiger partial charge >= 0.3 is 0 Å². The Morgan fingerprint density at radius 2 is 2.00 bits per heavy atom. The van der Waals surface area contributed by atoms with Gasteiger partial charge in [0.05, 0.1) is 19.0 Å². The van der Waals surface area contributed by atoms with Crippen molar-refractivity contribution in [1.82, 2.24) is 19.5 Å². The molecule has 2 saturated heterocycles. The Balaban J connectivity index is 0.000000672. The monoisotopic (exact) mass is 489 g/mol. The molecule has 2 fully saturated rings. The number of aliphatic hydroxyl groups excluding tert-OH is 2. The summed E-state index contributed by atoms with van der Waals surface area (Å²) in [5, 5.41) is 24.3. The summed E-state index contributed by atoms with van der Waals surface area (Å²) >= 11 is 0. The molecule has 2 aliphatic heterocycles. The zero-order chi connectivity index (χ0) is 24.9. The van der Waals surface area contributed by atoms with Crippen molar-refractivity contribution in [3.05, 3.63) is 42.7 Å². The van der Waals surface area contributed by atoms with E-state index in [1.807, 2.05) is 0 Å². The summed E-state index contributed by atoms with van der Waals surface area (Å²) in [6.45, 7) is 4.20. The lowest BCUT2D eigenvalue weighted by atomic mass is 10.1. The summed E-state index contributed by atoms with van der Waals surface area (Å²) in [7, 11) is 0. The molecule has 3 aromatic rings. The highest BCUT2D eigenvalue weighted by atomic mass is 19.1. The van der Waals surface area contributed by atoms with Gasteiger partial charge in [0.1, 0.15) is 37.0 Å². The summed E-state index contributed by atoms with van der Waals surface area (Å²) in [5.74, 6) is 0.257. The maximum absolute atomic E-state index is 13.8. The molecule has 0 saturated carbocycles. The fourth-order valence-corrected chi connectivity index (χ4v) is 3.82. The molecule has 12 heteroatoms. The van der Waals surface area contributed by atoms with Gasteiger partial charge in [-0.3, -0.25) is 4.57 Å². The molecule has 188 valence electrons. The number of carbonyl (C=O) groups excluding carboxylic acids is 1. The fourth-order valence-electron chi connectivity index (χ4n) is 3.82. The highest BCUT2D eigenvalue weighted by molar-refractivity contribution is 5.82. The van der Waals surface area contributed by atoms with Crippen LogP contribution in [0.3, 0.4) is 0 Å². The Labute approximate surface area is 200 Å². The van der Waals surface area contributed by atoms with Crippen LogP contribution in [0.1, 0.15) is 26.5 Å². The molecule has 35 heavy (non-hydrogen) atoms. The van der Waals surface area contributed by atoms with E-state index in [0.717, 1.165) is 6.42 Å². The smallest absolute Gasteiger partial charge is 0.167 e. The molecule has 1 unspecified atom stereocenters. The van der Waals surface area contributed by atoms with Crippen LogP contribution >= 0.6 is 0 Å². The van der Waals surface area contributed by atoms with Crippen LogP contribution in [0.5, 0.6) is 5.75 Å². The van der Waals surface area contributed by atoms with Crippen LogP contribution in [-0.4, -0.2) is 79.7 Å². The molecular formula is C23H28FN5O6. The van der Waals surface area contributed by atoms with Gasteiger partial charge in [-0.25, -0.2) is 19.3 Å². The first kappa shape index (κ1) is 24.9. The second-order valence-electron chi connectivity index (χ2n) is 8.45. The third-order valence-electron chi connectivity index (χ3n) is 5.48.